The number of unbranched alkanes of at least 4 members (excludes halogenated alkanes) is 1. The molecule has 0 heterocycles. The highest BCUT2D eigenvalue weighted by Crippen LogP contribution is 2.05. The Kier molecular flexibility index (Phi) is 8.04. The molecule has 0 saturated carbocycles. The monoisotopic (exact) mass is 217 g/mol. The number of rotatable bonds is 8. The number of nitrogens with zero attached hydrogens (tertiary/aromatic N) is 2. The lowest BCUT2D eigenvalue weighted by Gasteiger charge is -2.27. The number of aliphatic hydroxyl groups excluding tert-OH is 1. The zero-order valence-corrected chi connectivity index (χ0v) is 9.69. The molecular weight excluding hydrogens is 194 g/mol. The quantitative estimate of drug-likeness (QED) is 0.241. The molecule has 0 radical (unpaired) electrons. The topological polar surface area (TPSA) is 82.1 Å². The van der Waals surface area contributed by atoms with Gasteiger partial charge in [0.25, 0.3) is 0 Å². The molecule has 0 spiro atoms. The second-order valence-corrected chi connectivity index (χ2v) is 3.76. The lowest BCUT2D eigenvalue weighted by molar-refractivity contribution is 0.158. The van der Waals surface area contributed by atoms with Crippen molar-refractivity contribution in [1.29, 1.82) is 0 Å². The van der Waals surface area contributed by atoms with Gasteiger partial charge in [0.15, 0.2) is 0 Å². The summed E-state index contributed by atoms with van der Waals surface area (Å²) in [5, 5.41) is 20.3. The Bertz CT molecular complexity index is 186. The van der Waals surface area contributed by atoms with Gasteiger partial charge < -0.3 is 16.0 Å². The van der Waals surface area contributed by atoms with E-state index in [2.05, 4.69) is 17.0 Å². The number of hydrogen-bond acceptors (Lipinski definition) is 4. The van der Waals surface area contributed by atoms with Crippen molar-refractivity contribution in [3.63, 3.8) is 0 Å². The van der Waals surface area contributed by atoms with E-state index in [1.165, 1.54) is 0 Å². The van der Waals surface area contributed by atoms with Gasteiger partial charge >= 0.3 is 0 Å². The molecule has 1 unspecified atom stereocenters. The largest absolute Gasteiger partial charge is 0.409 e. The molecule has 0 saturated heterocycles. The molecule has 90 valence electrons. The van der Waals surface area contributed by atoms with Crippen molar-refractivity contribution in [2.45, 2.75) is 39.2 Å². The van der Waals surface area contributed by atoms with Crippen LogP contribution in [0.15, 0.2) is 5.16 Å². The first-order valence-electron chi connectivity index (χ1n) is 5.47. The van der Waals surface area contributed by atoms with Crippen LogP contribution in [0.1, 0.15) is 33.1 Å². The third-order valence-corrected chi connectivity index (χ3v) is 2.44. The first-order chi connectivity index (χ1) is 7.15. The molecule has 0 aliphatic heterocycles. The Morgan fingerprint density at radius 1 is 1.47 bits per heavy atom. The summed E-state index contributed by atoms with van der Waals surface area (Å²) in [5.41, 5.74) is 5.45. The Morgan fingerprint density at radius 2 is 2.13 bits per heavy atom. The fourth-order valence-corrected chi connectivity index (χ4v) is 1.51. The second-order valence-electron chi connectivity index (χ2n) is 3.76. The SMILES string of the molecule is CCCCN(CCO)C(C)CC(N)=NO. The van der Waals surface area contributed by atoms with Crippen LogP contribution in [-0.4, -0.2) is 46.8 Å². The van der Waals surface area contributed by atoms with Crippen molar-refractivity contribution in [3.8, 4) is 0 Å². The van der Waals surface area contributed by atoms with Gasteiger partial charge in [-0.15, -0.1) is 0 Å². The molecule has 0 fully saturated rings. The third-order valence-electron chi connectivity index (χ3n) is 2.44. The molecule has 5 heteroatoms. The molecular formula is C10H23N3O2. The van der Waals surface area contributed by atoms with E-state index >= 15 is 0 Å². The van der Waals surface area contributed by atoms with Crippen LogP contribution in [0.2, 0.25) is 0 Å². The number of hydrogen-bond donors (Lipinski definition) is 3. The van der Waals surface area contributed by atoms with Gasteiger partial charge in [-0.25, -0.2) is 0 Å². The molecule has 0 aromatic rings. The van der Waals surface area contributed by atoms with Gasteiger partial charge in [-0.2, -0.15) is 0 Å². The summed E-state index contributed by atoms with van der Waals surface area (Å²) >= 11 is 0. The molecule has 0 aliphatic rings. The predicted molar refractivity (Wildman–Crippen MR) is 61.1 cm³/mol. The normalized spacial score (nSPS) is 14.5. The molecule has 0 amide bonds. The van der Waals surface area contributed by atoms with Crippen molar-refractivity contribution < 1.29 is 10.3 Å². The van der Waals surface area contributed by atoms with Crippen LogP contribution in [0.4, 0.5) is 0 Å². The highest BCUT2D eigenvalue weighted by molar-refractivity contribution is 5.80. The minimum Gasteiger partial charge on any atom is -0.409 e. The first kappa shape index (κ1) is 14.2. The van der Waals surface area contributed by atoms with Crippen LogP contribution in [0, 0.1) is 0 Å². The van der Waals surface area contributed by atoms with Crippen molar-refractivity contribution >= 4 is 5.84 Å². The van der Waals surface area contributed by atoms with E-state index in [1.54, 1.807) is 0 Å². The molecule has 0 aromatic carbocycles. The van der Waals surface area contributed by atoms with Crippen LogP contribution in [0.5, 0.6) is 0 Å². The standard InChI is InChI=1S/C10H23N3O2/c1-3-4-5-13(6-7-14)9(2)8-10(11)12-15/h9,14-15H,3-8H2,1-2H3,(H2,11,12). The molecule has 5 nitrogen and oxygen atoms in total. The maximum absolute atomic E-state index is 8.92. The molecule has 0 bridgehead atoms. The van der Waals surface area contributed by atoms with Crippen molar-refractivity contribution in [2.24, 2.45) is 10.9 Å². The van der Waals surface area contributed by atoms with E-state index in [9.17, 15) is 0 Å². The third kappa shape index (κ3) is 6.30. The van der Waals surface area contributed by atoms with Crippen LogP contribution < -0.4 is 5.73 Å². The van der Waals surface area contributed by atoms with E-state index in [-0.39, 0.29) is 18.5 Å². The number of aliphatic hydroxyl groups is 1. The maximum atomic E-state index is 8.92. The summed E-state index contributed by atoms with van der Waals surface area (Å²) in [5.74, 6) is 0.238. The summed E-state index contributed by atoms with van der Waals surface area (Å²) in [4.78, 5) is 2.15. The zero-order valence-electron chi connectivity index (χ0n) is 9.69. The molecule has 4 N–H and O–H groups in total. The molecule has 0 aromatic heterocycles. The van der Waals surface area contributed by atoms with E-state index in [0.717, 1.165) is 19.4 Å². The Morgan fingerprint density at radius 3 is 2.60 bits per heavy atom. The van der Waals surface area contributed by atoms with Gasteiger partial charge in [-0.3, -0.25) is 4.90 Å². The maximum Gasteiger partial charge on any atom is 0.140 e. The van der Waals surface area contributed by atoms with Gasteiger partial charge in [0, 0.05) is 19.0 Å². The van der Waals surface area contributed by atoms with Gasteiger partial charge in [-0.05, 0) is 19.9 Å². The lowest BCUT2D eigenvalue weighted by atomic mass is 10.1. The van der Waals surface area contributed by atoms with E-state index < -0.39 is 0 Å². The van der Waals surface area contributed by atoms with Crippen molar-refractivity contribution in [2.75, 3.05) is 19.7 Å². The van der Waals surface area contributed by atoms with Gasteiger partial charge in [-0.1, -0.05) is 18.5 Å². The number of oxime groups is 1. The summed E-state index contributed by atoms with van der Waals surface area (Å²) in [6.45, 7) is 5.87. The van der Waals surface area contributed by atoms with Gasteiger partial charge in [0.1, 0.15) is 5.84 Å². The highest BCUT2D eigenvalue weighted by atomic mass is 16.4. The fraction of sp³-hybridized carbons (Fsp3) is 0.900. The smallest absolute Gasteiger partial charge is 0.140 e. The lowest BCUT2D eigenvalue weighted by Crippen LogP contribution is -2.38. The average molecular weight is 217 g/mol. The minimum absolute atomic E-state index is 0.143. The van der Waals surface area contributed by atoms with E-state index in [4.69, 9.17) is 16.0 Å². The summed E-state index contributed by atoms with van der Waals surface area (Å²) in [6, 6.07) is 0.194. The van der Waals surface area contributed by atoms with Crippen LogP contribution in [-0.2, 0) is 0 Å². The first-order valence-corrected chi connectivity index (χ1v) is 5.47. The fourth-order valence-electron chi connectivity index (χ4n) is 1.51. The van der Waals surface area contributed by atoms with Crippen LogP contribution in [0.3, 0.4) is 0 Å². The number of amidine groups is 1. The molecule has 1 atom stereocenters. The summed E-state index contributed by atoms with van der Waals surface area (Å²) in [6.07, 6.45) is 2.75. The minimum atomic E-state index is 0.143. The molecule has 0 rings (SSSR count). The summed E-state index contributed by atoms with van der Waals surface area (Å²) < 4.78 is 0. The highest BCUT2D eigenvalue weighted by Gasteiger charge is 2.14. The molecule has 15 heavy (non-hydrogen) atoms. The molecule has 0 aliphatic carbocycles. The summed E-state index contributed by atoms with van der Waals surface area (Å²) in [7, 11) is 0. The Labute approximate surface area is 91.6 Å². The number of nitrogens with two attached hydrogens (primary N) is 1. The van der Waals surface area contributed by atoms with Gasteiger partial charge in [0.05, 0.1) is 6.61 Å². The average Bonchev–Trinajstić information content (AvgIpc) is 2.23. The van der Waals surface area contributed by atoms with E-state index in [0.29, 0.717) is 13.0 Å². The Balaban J connectivity index is 4.08. The Hall–Kier alpha value is -0.810. The van der Waals surface area contributed by atoms with E-state index in [1.807, 2.05) is 6.92 Å². The second kappa shape index (κ2) is 8.49. The van der Waals surface area contributed by atoms with Gasteiger partial charge in [0.2, 0.25) is 0 Å². The zero-order chi connectivity index (χ0) is 11.7. The van der Waals surface area contributed by atoms with Crippen molar-refractivity contribution in [1.82, 2.24) is 4.90 Å². The predicted octanol–water partition coefficient (Wildman–Crippen LogP) is 0.606. The van der Waals surface area contributed by atoms with Crippen molar-refractivity contribution in [3.05, 3.63) is 0 Å². The van der Waals surface area contributed by atoms with Crippen LogP contribution in [0.25, 0.3) is 0 Å². The van der Waals surface area contributed by atoms with Crippen LogP contribution >= 0.6 is 0 Å².